The van der Waals surface area contributed by atoms with E-state index in [9.17, 15) is 14.4 Å². The van der Waals surface area contributed by atoms with E-state index in [0.29, 0.717) is 35.5 Å². The van der Waals surface area contributed by atoms with Crippen LogP contribution in [0, 0.1) is 0 Å². The summed E-state index contributed by atoms with van der Waals surface area (Å²) in [4.78, 5) is 42.7. The monoisotopic (exact) mass is 450 g/mol. The molecule has 0 fully saturated rings. The molecule has 0 aliphatic heterocycles. The molecule has 31 heavy (non-hydrogen) atoms. The van der Waals surface area contributed by atoms with Crippen LogP contribution in [0.5, 0.6) is 11.5 Å². The quantitative estimate of drug-likeness (QED) is 0.472. The number of aromatic nitrogens is 1. The van der Waals surface area contributed by atoms with Crippen molar-refractivity contribution in [2.75, 3.05) is 51.2 Å². The van der Waals surface area contributed by atoms with Crippen molar-refractivity contribution < 1.29 is 28.6 Å². The number of hydrogen-bond acceptors (Lipinski definition) is 8. The van der Waals surface area contributed by atoms with Gasteiger partial charge in [-0.3, -0.25) is 19.3 Å². The molecule has 168 valence electrons. The zero-order valence-corrected chi connectivity index (χ0v) is 18.5. The number of anilines is 2. The molecule has 1 heterocycles. The summed E-state index contributed by atoms with van der Waals surface area (Å²) in [6, 6.07) is 4.91. The lowest BCUT2D eigenvalue weighted by Crippen LogP contribution is -2.42. The molecule has 0 unspecified atom stereocenters. The maximum absolute atomic E-state index is 13.0. The molecule has 2 aromatic rings. The van der Waals surface area contributed by atoms with E-state index in [1.165, 1.54) is 37.6 Å². The first-order valence-electron chi connectivity index (χ1n) is 9.45. The Balaban J connectivity index is 2.13. The number of hydrogen-bond donors (Lipinski definition) is 2. The molecule has 2 rings (SSSR count). The third kappa shape index (κ3) is 7.54. The summed E-state index contributed by atoms with van der Waals surface area (Å²) >= 11 is 1.28. The van der Waals surface area contributed by atoms with Crippen molar-refractivity contribution in [3.8, 4) is 11.5 Å². The first-order chi connectivity index (χ1) is 15.0. The predicted octanol–water partition coefficient (Wildman–Crippen LogP) is 1.67. The molecule has 11 heteroatoms. The highest BCUT2D eigenvalue weighted by Crippen LogP contribution is 2.32. The van der Waals surface area contributed by atoms with Crippen LogP contribution in [0.4, 0.5) is 10.8 Å². The van der Waals surface area contributed by atoms with Crippen molar-refractivity contribution in [3.63, 3.8) is 0 Å². The fourth-order valence-corrected chi connectivity index (χ4v) is 3.18. The van der Waals surface area contributed by atoms with Gasteiger partial charge in [-0.2, -0.15) is 0 Å². The van der Waals surface area contributed by atoms with Gasteiger partial charge in [0, 0.05) is 44.1 Å². The number of ether oxygens (including phenoxy) is 3. The number of rotatable bonds is 12. The lowest BCUT2D eigenvalue weighted by Gasteiger charge is -2.24. The normalized spacial score (nSPS) is 10.3. The molecule has 1 aromatic heterocycles. The van der Waals surface area contributed by atoms with Crippen molar-refractivity contribution >= 4 is 39.9 Å². The topological polar surface area (TPSA) is 119 Å². The number of benzene rings is 1. The van der Waals surface area contributed by atoms with Gasteiger partial charge in [-0.05, 0) is 12.1 Å². The van der Waals surface area contributed by atoms with Crippen molar-refractivity contribution in [2.24, 2.45) is 0 Å². The van der Waals surface area contributed by atoms with Crippen LogP contribution in [0.25, 0.3) is 0 Å². The second kappa shape index (κ2) is 12.5. The molecule has 1 aromatic carbocycles. The van der Waals surface area contributed by atoms with Crippen LogP contribution >= 0.6 is 11.3 Å². The Bertz CT molecular complexity index is 875. The second-order valence-electron chi connectivity index (χ2n) is 6.25. The fraction of sp³-hybridized carbons (Fsp3) is 0.400. The molecule has 3 amide bonds. The molecule has 0 saturated heterocycles. The van der Waals surface area contributed by atoms with Gasteiger partial charge < -0.3 is 24.8 Å². The minimum Gasteiger partial charge on any atom is -0.497 e. The first kappa shape index (κ1) is 24.1. The molecule has 2 N–H and O–H groups in total. The summed E-state index contributed by atoms with van der Waals surface area (Å²) < 4.78 is 15.5. The van der Waals surface area contributed by atoms with Gasteiger partial charge in [0.25, 0.3) is 0 Å². The van der Waals surface area contributed by atoms with Crippen LogP contribution in [-0.4, -0.2) is 63.7 Å². The molecule has 0 bridgehead atoms. The Morgan fingerprint density at radius 3 is 2.55 bits per heavy atom. The molecule has 0 radical (unpaired) electrons. The van der Waals surface area contributed by atoms with Crippen molar-refractivity contribution in [1.29, 1.82) is 0 Å². The Hall–Kier alpha value is -3.18. The molecule has 0 aliphatic carbocycles. The third-order valence-corrected chi connectivity index (χ3v) is 4.84. The van der Waals surface area contributed by atoms with E-state index in [0.717, 1.165) is 0 Å². The summed E-state index contributed by atoms with van der Waals surface area (Å²) in [6.45, 7) is 0.426. The van der Waals surface area contributed by atoms with E-state index in [1.807, 2.05) is 0 Å². The van der Waals surface area contributed by atoms with Crippen LogP contribution in [0.15, 0.2) is 29.8 Å². The maximum Gasteiger partial charge on any atom is 0.240 e. The smallest absolute Gasteiger partial charge is 0.240 e. The van der Waals surface area contributed by atoms with Gasteiger partial charge in [-0.15, -0.1) is 11.3 Å². The van der Waals surface area contributed by atoms with Gasteiger partial charge in [0.05, 0.1) is 26.5 Å². The Morgan fingerprint density at radius 2 is 1.90 bits per heavy atom. The number of nitrogens with one attached hydrogen (secondary N) is 2. The average molecular weight is 451 g/mol. The van der Waals surface area contributed by atoms with Gasteiger partial charge in [0.1, 0.15) is 18.0 Å². The average Bonchev–Trinajstić information content (AvgIpc) is 3.28. The largest absolute Gasteiger partial charge is 0.497 e. The molecule has 0 atom stereocenters. The van der Waals surface area contributed by atoms with Crippen LogP contribution < -0.4 is 25.0 Å². The van der Waals surface area contributed by atoms with Crippen molar-refractivity contribution in [3.05, 3.63) is 29.8 Å². The van der Waals surface area contributed by atoms with Gasteiger partial charge in [-0.1, -0.05) is 0 Å². The van der Waals surface area contributed by atoms with Gasteiger partial charge in [-0.25, -0.2) is 4.98 Å². The summed E-state index contributed by atoms with van der Waals surface area (Å²) in [7, 11) is 4.50. The number of carbonyl (C=O) groups is 3. The Labute approximate surface area is 184 Å². The molecule has 0 spiro atoms. The van der Waals surface area contributed by atoms with E-state index in [4.69, 9.17) is 14.2 Å². The number of thiazole rings is 1. The second-order valence-corrected chi connectivity index (χ2v) is 7.14. The zero-order chi connectivity index (χ0) is 22.6. The highest BCUT2D eigenvalue weighted by Gasteiger charge is 2.23. The summed E-state index contributed by atoms with van der Waals surface area (Å²) in [5.74, 6) is -0.199. The number of nitrogens with zero attached hydrogens (tertiary/aromatic N) is 2. The van der Waals surface area contributed by atoms with Crippen LogP contribution in [0.3, 0.4) is 0 Å². The van der Waals surface area contributed by atoms with Gasteiger partial charge in [0.2, 0.25) is 17.7 Å². The van der Waals surface area contributed by atoms with E-state index in [2.05, 4.69) is 15.6 Å². The Morgan fingerprint density at radius 1 is 1.10 bits per heavy atom. The number of carbonyl (C=O) groups excluding carboxylic acids is 3. The maximum atomic E-state index is 13.0. The van der Waals surface area contributed by atoms with Crippen LogP contribution in [0.2, 0.25) is 0 Å². The minimum absolute atomic E-state index is 0.0569. The zero-order valence-electron chi connectivity index (χ0n) is 17.7. The van der Waals surface area contributed by atoms with E-state index < -0.39 is 5.91 Å². The number of amides is 3. The molecule has 0 saturated carbocycles. The van der Waals surface area contributed by atoms with E-state index in [-0.39, 0.29) is 31.2 Å². The molecular formula is C20H26N4O6S. The van der Waals surface area contributed by atoms with Gasteiger partial charge in [0.15, 0.2) is 5.13 Å². The molecule has 0 aliphatic rings. The molecular weight excluding hydrogens is 424 g/mol. The standard InChI is InChI=1S/C20H26N4O6S/c1-28-10-8-21-18(26)13-24(15-5-4-14(29-2)12-16(15)30-3)19(27)7-6-17(25)23-20-22-9-11-31-20/h4-5,9,11-12H,6-8,10,13H2,1-3H3,(H,21,26)(H,22,23,25). The van der Waals surface area contributed by atoms with Gasteiger partial charge >= 0.3 is 0 Å². The Kier molecular flexibility index (Phi) is 9.72. The van der Waals surface area contributed by atoms with Crippen molar-refractivity contribution in [2.45, 2.75) is 12.8 Å². The van der Waals surface area contributed by atoms with Crippen LogP contribution in [-0.2, 0) is 19.1 Å². The summed E-state index contributed by atoms with van der Waals surface area (Å²) in [5, 5.41) is 7.51. The van der Waals surface area contributed by atoms with Crippen LogP contribution in [0.1, 0.15) is 12.8 Å². The highest BCUT2D eigenvalue weighted by atomic mass is 32.1. The predicted molar refractivity (Wildman–Crippen MR) is 117 cm³/mol. The highest BCUT2D eigenvalue weighted by molar-refractivity contribution is 7.13. The first-order valence-corrected chi connectivity index (χ1v) is 10.3. The lowest BCUT2D eigenvalue weighted by molar-refractivity contribution is -0.125. The molecule has 10 nitrogen and oxygen atoms in total. The summed E-state index contributed by atoms with van der Waals surface area (Å²) in [5.41, 5.74) is 0.399. The summed E-state index contributed by atoms with van der Waals surface area (Å²) in [6.07, 6.45) is 1.42. The third-order valence-electron chi connectivity index (χ3n) is 4.15. The lowest BCUT2D eigenvalue weighted by atomic mass is 10.2. The number of methoxy groups -OCH3 is 3. The van der Waals surface area contributed by atoms with E-state index in [1.54, 1.807) is 29.8 Å². The van der Waals surface area contributed by atoms with E-state index >= 15 is 0 Å². The minimum atomic E-state index is -0.403. The SMILES string of the molecule is COCCNC(=O)CN(C(=O)CCC(=O)Nc1nccs1)c1ccc(OC)cc1OC. The fourth-order valence-electron chi connectivity index (χ4n) is 2.63. The van der Waals surface area contributed by atoms with Crippen molar-refractivity contribution in [1.82, 2.24) is 10.3 Å².